The molecule has 0 saturated heterocycles. The summed E-state index contributed by atoms with van der Waals surface area (Å²) in [5.74, 6) is 0. The largest absolute Gasteiger partial charge is 0.341 e. The monoisotopic (exact) mass is 1370 g/mol. The van der Waals surface area contributed by atoms with Crippen LogP contribution in [0.5, 0.6) is 0 Å². The van der Waals surface area contributed by atoms with Crippen LogP contribution in [-0.4, -0.2) is 21.1 Å². The molecule has 21 rings (SSSR count). The van der Waals surface area contributed by atoms with Gasteiger partial charge in [0, 0.05) is 105 Å². The molecule has 15 aromatic rings. The molecule has 3 heterocycles. The molecule has 512 valence electrons. The Morgan fingerprint density at radius 1 is 0.236 bits per heavy atom. The summed E-state index contributed by atoms with van der Waals surface area (Å²) in [5.41, 5.74) is 39.4. The molecule has 0 N–H and O–H groups in total. The Balaban J connectivity index is 0.795. The number of para-hydroxylation sites is 3. The summed E-state index contributed by atoms with van der Waals surface area (Å²) in [4.78, 5) is 18.0. The molecule has 0 radical (unpaired) electrons. The molecular formula is C99H81N7. The van der Waals surface area contributed by atoms with Gasteiger partial charge in [-0.1, -0.05) is 205 Å². The first-order valence-corrected chi connectivity index (χ1v) is 37.5. The lowest BCUT2D eigenvalue weighted by Gasteiger charge is -2.52. The van der Waals surface area contributed by atoms with Crippen molar-refractivity contribution in [2.45, 2.75) is 78.6 Å². The normalized spacial score (nSPS) is 14.9. The van der Waals surface area contributed by atoms with Crippen LogP contribution in [0, 0.1) is 20.8 Å². The first-order valence-electron chi connectivity index (χ1n) is 37.5. The first kappa shape index (κ1) is 62.3. The second-order valence-corrected chi connectivity index (χ2v) is 32.1. The van der Waals surface area contributed by atoms with E-state index < -0.39 is 16.2 Å². The quantitative estimate of drug-likeness (QED) is 0.142. The van der Waals surface area contributed by atoms with E-state index in [1.807, 2.05) is 0 Å². The predicted octanol–water partition coefficient (Wildman–Crippen LogP) is 27.1. The van der Waals surface area contributed by atoms with Gasteiger partial charge in [0.15, 0.2) is 0 Å². The fourth-order valence-corrected chi connectivity index (χ4v) is 19.7. The Morgan fingerprint density at radius 3 is 0.764 bits per heavy atom. The molecular weight excluding hydrogens is 1290 g/mol. The van der Waals surface area contributed by atoms with Crippen molar-refractivity contribution in [2.24, 2.45) is 0 Å². The van der Waals surface area contributed by atoms with E-state index in [4.69, 9.17) is 0 Å². The molecule has 0 saturated carbocycles. The van der Waals surface area contributed by atoms with Gasteiger partial charge in [-0.2, -0.15) is 0 Å². The summed E-state index contributed by atoms with van der Waals surface area (Å²) in [5, 5.41) is 7.34. The van der Waals surface area contributed by atoms with Crippen molar-refractivity contribution in [1.29, 1.82) is 0 Å². The average Bonchev–Trinajstić information content (AvgIpc) is 1.33. The minimum absolute atomic E-state index is 0.413. The highest BCUT2D eigenvalue weighted by molar-refractivity contribution is 6.24. The van der Waals surface area contributed by atoms with Crippen LogP contribution < -0.4 is 34.3 Å². The maximum absolute atomic E-state index is 2.76. The number of aryl methyl sites for hydroxylation is 3. The molecule has 0 fully saturated rings. The van der Waals surface area contributed by atoms with Crippen molar-refractivity contribution in [1.82, 2.24) is 0 Å². The van der Waals surface area contributed by atoms with Crippen LogP contribution in [0.25, 0.3) is 65.7 Å². The third kappa shape index (κ3) is 8.39. The number of nitrogens with zero attached hydrogens (tertiary/aromatic N) is 7. The van der Waals surface area contributed by atoms with E-state index in [1.54, 1.807) is 0 Å². The Bertz CT molecular complexity index is 5790. The highest BCUT2D eigenvalue weighted by atomic mass is 15.4. The molecule has 6 aliphatic rings. The fourth-order valence-electron chi connectivity index (χ4n) is 19.7. The van der Waals surface area contributed by atoms with Gasteiger partial charge in [-0.05, 0) is 229 Å². The van der Waals surface area contributed by atoms with Crippen LogP contribution >= 0.6 is 0 Å². The molecule has 15 aromatic carbocycles. The zero-order chi connectivity index (χ0) is 71.9. The molecule has 0 spiro atoms. The second-order valence-electron chi connectivity index (χ2n) is 32.1. The van der Waals surface area contributed by atoms with E-state index >= 15 is 0 Å². The highest BCUT2D eigenvalue weighted by Crippen LogP contribution is 2.75. The zero-order valence-corrected chi connectivity index (χ0v) is 62.1. The third-order valence-electron chi connectivity index (χ3n) is 25.2. The highest BCUT2D eigenvalue weighted by Gasteiger charge is 2.53. The second kappa shape index (κ2) is 21.9. The van der Waals surface area contributed by atoms with Gasteiger partial charge in [0.1, 0.15) is 0 Å². The van der Waals surface area contributed by atoms with Gasteiger partial charge in [-0.15, -0.1) is 0 Å². The van der Waals surface area contributed by atoms with Gasteiger partial charge in [0.2, 0.25) is 0 Å². The fraction of sp³-hybridized carbons (Fsp3) is 0.152. The Kier molecular flexibility index (Phi) is 12.9. The van der Waals surface area contributed by atoms with E-state index in [0.717, 1.165) is 34.1 Å². The topological polar surface area (TPSA) is 22.7 Å². The van der Waals surface area contributed by atoms with Gasteiger partial charge in [0.05, 0.1) is 51.2 Å². The van der Waals surface area contributed by atoms with E-state index in [-0.39, 0.29) is 0 Å². The number of fused-ring (bicyclic) bond motifs is 15. The summed E-state index contributed by atoms with van der Waals surface area (Å²) < 4.78 is 0. The third-order valence-corrected chi connectivity index (χ3v) is 25.2. The maximum Gasteiger partial charge on any atom is 0.0948 e. The van der Waals surface area contributed by atoms with Gasteiger partial charge in [-0.25, -0.2) is 0 Å². The van der Waals surface area contributed by atoms with Crippen LogP contribution in [0.3, 0.4) is 0 Å². The summed E-state index contributed by atoms with van der Waals surface area (Å²) in [7, 11) is 7.11. The van der Waals surface area contributed by atoms with Crippen molar-refractivity contribution in [3.8, 4) is 33.4 Å². The molecule has 3 aliphatic carbocycles. The minimum atomic E-state index is -0.413. The molecule has 106 heavy (non-hydrogen) atoms. The van der Waals surface area contributed by atoms with Crippen molar-refractivity contribution in [2.75, 3.05) is 55.4 Å². The lowest BCUT2D eigenvalue weighted by molar-refractivity contribution is 0.659. The van der Waals surface area contributed by atoms with Crippen molar-refractivity contribution < 1.29 is 0 Å². The first-order chi connectivity index (χ1) is 51.3. The number of hydrogen-bond donors (Lipinski definition) is 0. The van der Waals surface area contributed by atoms with E-state index in [0.29, 0.717) is 0 Å². The van der Waals surface area contributed by atoms with Crippen molar-refractivity contribution >= 4 is 135 Å². The van der Waals surface area contributed by atoms with Gasteiger partial charge >= 0.3 is 0 Å². The smallest absolute Gasteiger partial charge is 0.0948 e. The lowest BCUT2D eigenvalue weighted by Crippen LogP contribution is -2.37. The van der Waals surface area contributed by atoms with E-state index in [9.17, 15) is 0 Å². The van der Waals surface area contributed by atoms with Crippen molar-refractivity contribution in [3.63, 3.8) is 0 Å². The van der Waals surface area contributed by atoms with Crippen LogP contribution in [-0.2, 0) is 16.2 Å². The average molecular weight is 1370 g/mol. The molecule has 7 heteroatoms. The molecule has 0 aromatic heterocycles. The minimum Gasteiger partial charge on any atom is -0.341 e. The summed E-state index contributed by atoms with van der Waals surface area (Å²) in [6.07, 6.45) is 0. The number of rotatable bonds is 9. The predicted molar refractivity (Wildman–Crippen MR) is 449 cm³/mol. The number of anilines is 18. The van der Waals surface area contributed by atoms with Crippen LogP contribution in [0.15, 0.2) is 273 Å². The zero-order valence-electron chi connectivity index (χ0n) is 62.1. The standard InChI is InChI=1S/C99H81N7/c1-58-25-13-22-34-82(58)103(67-40-37-61-28-16-19-31-64(61)49-67)70-43-46-73-76(52-70)97(4,5)79-55-85-91-94(88(73)79)100(10)86-56-80-90(75-48-45-72(54-78(75)98(80,6)7)105(84-36-24-15-27-60(84)3)69-42-39-63-30-18-21-33-66(63)51-69)96-92(86)106(91)93-87(102(96)12)57-81-89(95(93)101(85)11)74-47-44-71(53-77(74)99(81,8)9)104(83-35-23-14-26-59(83)2)68-41-38-62-29-17-20-32-65(62)50-68/h13-57H,1-12H3. The van der Waals surface area contributed by atoms with Crippen LogP contribution in [0.2, 0.25) is 0 Å². The van der Waals surface area contributed by atoms with Crippen LogP contribution in [0.1, 0.15) is 91.6 Å². The van der Waals surface area contributed by atoms with Gasteiger partial charge in [0.25, 0.3) is 0 Å². The molecule has 0 bridgehead atoms. The van der Waals surface area contributed by atoms with E-state index in [2.05, 4.69) is 391 Å². The molecule has 0 amide bonds. The summed E-state index contributed by atoms with van der Waals surface area (Å²) >= 11 is 0. The van der Waals surface area contributed by atoms with E-state index in [1.165, 1.54) is 184 Å². The Labute approximate surface area is 621 Å². The maximum atomic E-state index is 2.76. The molecule has 0 atom stereocenters. The van der Waals surface area contributed by atoms with Crippen molar-refractivity contribution in [3.05, 3.63) is 323 Å². The molecule has 7 nitrogen and oxygen atoms in total. The number of hydrogen-bond acceptors (Lipinski definition) is 7. The number of benzene rings is 15. The molecule has 3 aliphatic heterocycles. The summed E-state index contributed by atoms with van der Waals surface area (Å²) in [6.45, 7) is 21.6. The summed E-state index contributed by atoms with van der Waals surface area (Å²) in [6, 6.07) is 103. The lowest BCUT2D eigenvalue weighted by atomic mass is 9.79. The Morgan fingerprint density at radius 2 is 0.481 bits per heavy atom. The molecule has 0 unspecified atom stereocenters. The Hall–Kier alpha value is -12.3. The van der Waals surface area contributed by atoms with Gasteiger partial charge < -0.3 is 29.4 Å². The SMILES string of the molecule is Cc1ccccc1N(c1ccc2c(c1)C(C)(C)c1cc3c4c(c1-2)N(C)c1cc2c(c5c1N4c1c(cc4c(c1N3C)-c1ccc(N(c3ccc6ccccc6c3)c3ccccc3C)cc1C4(C)C)N5C)-c1ccc(N(c3ccc4ccccc4c3)c3ccccc3C)cc1C2(C)C)c1ccc2ccccc2c1. The van der Waals surface area contributed by atoms with Gasteiger partial charge in [-0.3, -0.25) is 4.90 Å². The van der Waals surface area contributed by atoms with Crippen LogP contribution in [0.4, 0.5) is 102 Å².